The van der Waals surface area contributed by atoms with Crippen molar-refractivity contribution in [1.29, 1.82) is 0 Å². The van der Waals surface area contributed by atoms with E-state index in [4.69, 9.17) is 0 Å². The molecule has 1 heterocycles. The highest BCUT2D eigenvalue weighted by Gasteiger charge is 2.16. The van der Waals surface area contributed by atoms with Gasteiger partial charge in [-0.1, -0.05) is 0 Å². The van der Waals surface area contributed by atoms with Crippen molar-refractivity contribution in [2.75, 3.05) is 19.6 Å². The number of amides is 2. The van der Waals surface area contributed by atoms with Crippen LogP contribution in [-0.2, 0) is 9.59 Å². The van der Waals surface area contributed by atoms with E-state index in [0.717, 1.165) is 24.2 Å². The molecule has 0 aromatic heterocycles. The molecular weight excluding hydrogens is 230 g/mol. The fraction of sp³-hybridized carbons (Fsp3) is 0.692. The lowest BCUT2D eigenvalue weighted by molar-refractivity contribution is -0.122. The van der Waals surface area contributed by atoms with Crippen LogP contribution in [0.15, 0.2) is 11.1 Å². The summed E-state index contributed by atoms with van der Waals surface area (Å²) in [6.07, 6.45) is 0.309. The molecule has 1 rings (SSSR count). The van der Waals surface area contributed by atoms with Crippen molar-refractivity contribution < 1.29 is 9.59 Å². The van der Waals surface area contributed by atoms with Crippen LogP contribution >= 0.6 is 0 Å². The summed E-state index contributed by atoms with van der Waals surface area (Å²) in [4.78, 5) is 23.2. The van der Waals surface area contributed by atoms with Crippen LogP contribution in [-0.4, -0.2) is 37.0 Å². The molecule has 0 radical (unpaired) electrons. The molecule has 1 aliphatic rings. The van der Waals surface area contributed by atoms with Crippen LogP contribution in [0.25, 0.3) is 0 Å². The van der Waals surface area contributed by atoms with Crippen LogP contribution < -0.4 is 16.0 Å². The minimum absolute atomic E-state index is 0.0431. The van der Waals surface area contributed by atoms with Gasteiger partial charge in [-0.15, -0.1) is 0 Å². The SMILES string of the molecule is CC(C(=O)NCCC(=O)NC(C)(C)C)=C1CNC1. The van der Waals surface area contributed by atoms with E-state index in [1.54, 1.807) is 0 Å². The van der Waals surface area contributed by atoms with Gasteiger partial charge in [0.1, 0.15) is 0 Å². The number of carbonyl (C=O) groups is 2. The van der Waals surface area contributed by atoms with Crippen molar-refractivity contribution in [2.45, 2.75) is 39.7 Å². The molecule has 0 saturated carbocycles. The number of hydrogen-bond donors (Lipinski definition) is 3. The number of carbonyl (C=O) groups excluding carboxylic acids is 2. The quantitative estimate of drug-likeness (QED) is 0.632. The standard InChI is InChI=1S/C13H23N3O2/c1-9(10-7-14-8-10)12(18)15-6-5-11(17)16-13(2,3)4/h14H,5-8H2,1-4H3,(H,15,18)(H,16,17). The molecule has 0 aromatic carbocycles. The summed E-state index contributed by atoms with van der Waals surface area (Å²) < 4.78 is 0. The van der Waals surface area contributed by atoms with Crippen molar-refractivity contribution in [3.8, 4) is 0 Å². The third-order valence-corrected chi connectivity index (χ3v) is 2.70. The predicted molar refractivity (Wildman–Crippen MR) is 71.1 cm³/mol. The third-order valence-electron chi connectivity index (χ3n) is 2.70. The Bertz CT molecular complexity index is 361. The van der Waals surface area contributed by atoms with Crippen LogP contribution in [0.5, 0.6) is 0 Å². The molecule has 0 aromatic rings. The van der Waals surface area contributed by atoms with Crippen LogP contribution in [0.2, 0.25) is 0 Å². The smallest absolute Gasteiger partial charge is 0.246 e. The van der Waals surface area contributed by atoms with Crippen LogP contribution in [0.4, 0.5) is 0 Å². The van der Waals surface area contributed by atoms with Crippen LogP contribution in [0.1, 0.15) is 34.1 Å². The van der Waals surface area contributed by atoms with Crippen molar-refractivity contribution in [2.24, 2.45) is 0 Å². The normalized spacial score (nSPS) is 14.8. The van der Waals surface area contributed by atoms with Crippen LogP contribution in [0, 0.1) is 0 Å². The van der Waals surface area contributed by atoms with Crippen molar-refractivity contribution >= 4 is 11.8 Å². The van der Waals surface area contributed by atoms with Gasteiger partial charge in [-0.25, -0.2) is 0 Å². The van der Waals surface area contributed by atoms with Gasteiger partial charge in [0.15, 0.2) is 0 Å². The summed E-state index contributed by atoms with van der Waals surface area (Å²) in [5, 5.41) is 8.71. The van der Waals surface area contributed by atoms with Gasteiger partial charge >= 0.3 is 0 Å². The summed E-state index contributed by atoms with van der Waals surface area (Å²) in [6.45, 7) is 9.58. The molecule has 1 saturated heterocycles. The molecule has 0 bridgehead atoms. The average Bonchev–Trinajstić information content (AvgIpc) is 2.11. The third kappa shape index (κ3) is 4.87. The summed E-state index contributed by atoms with van der Waals surface area (Å²) in [5.74, 6) is -0.117. The molecule has 102 valence electrons. The van der Waals surface area contributed by atoms with E-state index in [0.29, 0.717) is 13.0 Å². The molecule has 0 aliphatic carbocycles. The molecule has 1 aliphatic heterocycles. The summed E-state index contributed by atoms with van der Waals surface area (Å²) in [6, 6.07) is 0. The van der Waals surface area contributed by atoms with Gasteiger partial charge in [-0.2, -0.15) is 0 Å². The fourth-order valence-electron chi connectivity index (χ4n) is 1.58. The topological polar surface area (TPSA) is 70.2 Å². The predicted octanol–water partition coefficient (Wildman–Crippen LogP) is 0.327. The number of nitrogens with one attached hydrogen (secondary N) is 3. The maximum absolute atomic E-state index is 11.7. The number of hydrogen-bond acceptors (Lipinski definition) is 3. The maximum atomic E-state index is 11.7. The minimum atomic E-state index is -0.226. The fourth-order valence-corrected chi connectivity index (χ4v) is 1.58. The van der Waals surface area contributed by atoms with Crippen molar-refractivity contribution in [3.63, 3.8) is 0 Å². The van der Waals surface area contributed by atoms with Crippen LogP contribution in [0.3, 0.4) is 0 Å². The molecule has 5 nitrogen and oxygen atoms in total. The Balaban J connectivity index is 2.25. The molecular formula is C13H23N3O2. The first-order valence-corrected chi connectivity index (χ1v) is 6.28. The van der Waals surface area contributed by atoms with Gasteiger partial charge in [0, 0.05) is 37.2 Å². The average molecular weight is 253 g/mol. The largest absolute Gasteiger partial charge is 0.352 e. The Labute approximate surface area is 108 Å². The zero-order valence-electron chi connectivity index (χ0n) is 11.6. The Morgan fingerprint density at radius 1 is 1.28 bits per heavy atom. The monoisotopic (exact) mass is 253 g/mol. The highest BCUT2D eigenvalue weighted by atomic mass is 16.2. The maximum Gasteiger partial charge on any atom is 0.246 e. The van der Waals surface area contributed by atoms with Gasteiger partial charge in [0.25, 0.3) is 0 Å². The zero-order valence-corrected chi connectivity index (χ0v) is 11.6. The van der Waals surface area contributed by atoms with Gasteiger partial charge in [-0.05, 0) is 33.3 Å². The Morgan fingerprint density at radius 3 is 2.33 bits per heavy atom. The van der Waals surface area contributed by atoms with Gasteiger partial charge in [0.2, 0.25) is 11.8 Å². The van der Waals surface area contributed by atoms with Gasteiger partial charge < -0.3 is 16.0 Å². The molecule has 5 heteroatoms. The second-order valence-electron chi connectivity index (χ2n) is 5.64. The van der Waals surface area contributed by atoms with E-state index in [1.165, 1.54) is 0 Å². The van der Waals surface area contributed by atoms with Crippen molar-refractivity contribution in [3.05, 3.63) is 11.1 Å². The molecule has 1 fully saturated rings. The molecule has 2 amide bonds. The van der Waals surface area contributed by atoms with E-state index in [2.05, 4.69) is 16.0 Å². The Kier molecular flexibility index (Phi) is 4.90. The van der Waals surface area contributed by atoms with E-state index in [9.17, 15) is 9.59 Å². The first-order valence-electron chi connectivity index (χ1n) is 6.28. The first kappa shape index (κ1) is 14.7. The lowest BCUT2D eigenvalue weighted by atomic mass is 10.0. The van der Waals surface area contributed by atoms with E-state index >= 15 is 0 Å². The van der Waals surface area contributed by atoms with Crippen molar-refractivity contribution in [1.82, 2.24) is 16.0 Å². The highest BCUT2D eigenvalue weighted by molar-refractivity contribution is 5.94. The molecule has 18 heavy (non-hydrogen) atoms. The molecule has 0 spiro atoms. The highest BCUT2D eigenvalue weighted by Crippen LogP contribution is 2.08. The number of rotatable bonds is 4. The summed E-state index contributed by atoms with van der Waals surface area (Å²) in [5.41, 5.74) is 1.69. The second kappa shape index (κ2) is 6.00. The van der Waals surface area contributed by atoms with Gasteiger partial charge in [-0.3, -0.25) is 9.59 Å². The Morgan fingerprint density at radius 2 is 1.89 bits per heavy atom. The van der Waals surface area contributed by atoms with E-state index in [-0.39, 0.29) is 17.4 Å². The van der Waals surface area contributed by atoms with E-state index < -0.39 is 0 Å². The zero-order chi connectivity index (χ0) is 13.8. The second-order valence-corrected chi connectivity index (χ2v) is 5.64. The lowest BCUT2D eigenvalue weighted by Gasteiger charge is -2.22. The molecule has 0 unspecified atom stereocenters. The first-order chi connectivity index (χ1) is 8.29. The summed E-state index contributed by atoms with van der Waals surface area (Å²) in [7, 11) is 0. The molecule has 0 atom stereocenters. The van der Waals surface area contributed by atoms with E-state index in [1.807, 2.05) is 27.7 Å². The summed E-state index contributed by atoms with van der Waals surface area (Å²) >= 11 is 0. The Hall–Kier alpha value is -1.36. The molecule has 3 N–H and O–H groups in total. The lowest BCUT2D eigenvalue weighted by Crippen LogP contribution is -2.42. The van der Waals surface area contributed by atoms with Gasteiger partial charge in [0.05, 0.1) is 0 Å². The minimum Gasteiger partial charge on any atom is -0.352 e.